The lowest BCUT2D eigenvalue weighted by Gasteiger charge is -2.20. The van der Waals surface area contributed by atoms with Gasteiger partial charge in [-0.15, -0.1) is 0 Å². The molecule has 0 radical (unpaired) electrons. The van der Waals surface area contributed by atoms with Crippen LogP contribution in [0.5, 0.6) is 0 Å². The van der Waals surface area contributed by atoms with Crippen LogP contribution in [0.25, 0.3) is 10.9 Å². The normalized spacial score (nSPS) is 15.4. The van der Waals surface area contributed by atoms with E-state index < -0.39 is 5.97 Å². The van der Waals surface area contributed by atoms with Crippen molar-refractivity contribution in [3.8, 4) is 0 Å². The van der Waals surface area contributed by atoms with Crippen LogP contribution >= 0.6 is 0 Å². The second-order valence-corrected chi connectivity index (χ2v) is 9.18. The minimum Gasteiger partial charge on any atom is -0.478 e. The fourth-order valence-corrected chi connectivity index (χ4v) is 4.89. The average molecular weight is 466 g/mol. The number of carboxylic acids is 1. The summed E-state index contributed by atoms with van der Waals surface area (Å²) in [6.07, 6.45) is 0.997. The van der Waals surface area contributed by atoms with Gasteiger partial charge in [0, 0.05) is 35.6 Å². The van der Waals surface area contributed by atoms with Gasteiger partial charge in [-0.25, -0.2) is 9.78 Å². The topological polar surface area (TPSA) is 82.5 Å². The molecule has 2 heterocycles. The molecule has 1 amide bonds. The molecule has 1 atom stereocenters. The van der Waals surface area contributed by atoms with Gasteiger partial charge in [0.25, 0.3) is 5.91 Å². The Morgan fingerprint density at radius 1 is 1.00 bits per heavy atom. The number of aromatic nitrogens is 1. The Labute approximate surface area is 204 Å². The number of nitrogens with one attached hydrogen (secondary N) is 1. The van der Waals surface area contributed by atoms with Crippen molar-refractivity contribution in [2.24, 2.45) is 0 Å². The summed E-state index contributed by atoms with van der Waals surface area (Å²) < 4.78 is 0. The van der Waals surface area contributed by atoms with E-state index in [9.17, 15) is 14.7 Å². The number of amides is 1. The van der Waals surface area contributed by atoms with E-state index in [4.69, 9.17) is 4.98 Å². The predicted molar refractivity (Wildman–Crippen MR) is 139 cm³/mol. The number of hydrogen-bond donors (Lipinski definition) is 2. The Hall–Kier alpha value is -4.19. The zero-order valence-electron chi connectivity index (χ0n) is 19.8. The van der Waals surface area contributed by atoms with E-state index in [2.05, 4.69) is 35.3 Å². The monoisotopic (exact) mass is 465 g/mol. The van der Waals surface area contributed by atoms with E-state index >= 15 is 0 Å². The smallest absolute Gasteiger partial charge is 0.336 e. The van der Waals surface area contributed by atoms with Gasteiger partial charge < -0.3 is 15.3 Å². The fourth-order valence-electron chi connectivity index (χ4n) is 4.89. The van der Waals surface area contributed by atoms with Crippen LogP contribution in [0.2, 0.25) is 0 Å². The molecule has 0 aliphatic carbocycles. The Morgan fingerprint density at radius 3 is 2.60 bits per heavy atom. The molecule has 6 nitrogen and oxygen atoms in total. The van der Waals surface area contributed by atoms with Gasteiger partial charge in [0.1, 0.15) is 5.82 Å². The molecule has 0 saturated carbocycles. The van der Waals surface area contributed by atoms with Gasteiger partial charge in [0.05, 0.1) is 11.1 Å². The first-order valence-electron chi connectivity index (χ1n) is 11.8. The van der Waals surface area contributed by atoms with E-state index in [1.165, 1.54) is 11.1 Å². The summed E-state index contributed by atoms with van der Waals surface area (Å²) in [5.74, 6) is -0.201. The molecule has 1 unspecified atom stereocenters. The first-order valence-corrected chi connectivity index (χ1v) is 11.8. The van der Waals surface area contributed by atoms with Gasteiger partial charge in [0.15, 0.2) is 0 Å². The van der Waals surface area contributed by atoms with Crippen LogP contribution in [-0.4, -0.2) is 35.1 Å². The van der Waals surface area contributed by atoms with E-state index in [0.717, 1.165) is 25.1 Å². The van der Waals surface area contributed by atoms with Crippen molar-refractivity contribution in [3.63, 3.8) is 0 Å². The Bertz CT molecular complexity index is 1450. The van der Waals surface area contributed by atoms with Gasteiger partial charge in [-0.1, -0.05) is 42.0 Å². The first kappa shape index (κ1) is 22.6. The number of benzene rings is 3. The van der Waals surface area contributed by atoms with Crippen LogP contribution in [0.15, 0.2) is 72.8 Å². The fraction of sp³-hybridized carbons (Fsp3) is 0.207. The van der Waals surface area contributed by atoms with Crippen LogP contribution in [0.1, 0.15) is 49.7 Å². The number of fused-ring (bicyclic) bond motifs is 1. The second kappa shape index (κ2) is 9.22. The maximum absolute atomic E-state index is 12.7. The number of rotatable bonds is 5. The molecule has 4 aromatic rings. The lowest BCUT2D eigenvalue weighted by Crippen LogP contribution is -2.21. The van der Waals surface area contributed by atoms with Crippen molar-refractivity contribution in [2.75, 3.05) is 23.3 Å². The highest BCUT2D eigenvalue weighted by molar-refractivity contribution is 6.08. The summed E-state index contributed by atoms with van der Waals surface area (Å²) in [4.78, 5) is 31.8. The summed E-state index contributed by atoms with van der Waals surface area (Å²) in [7, 11) is 0. The van der Waals surface area contributed by atoms with Gasteiger partial charge in [0.2, 0.25) is 0 Å². The molecular weight excluding hydrogens is 438 g/mol. The molecule has 0 spiro atoms. The zero-order valence-corrected chi connectivity index (χ0v) is 19.8. The highest BCUT2D eigenvalue weighted by Gasteiger charge is 2.27. The van der Waals surface area contributed by atoms with Crippen molar-refractivity contribution in [3.05, 3.63) is 101 Å². The number of hydrogen-bond acceptors (Lipinski definition) is 4. The number of aromatic carboxylic acids is 1. The molecule has 176 valence electrons. The molecule has 35 heavy (non-hydrogen) atoms. The minimum absolute atomic E-state index is 0.177. The highest BCUT2D eigenvalue weighted by Crippen LogP contribution is 2.33. The predicted octanol–water partition coefficient (Wildman–Crippen LogP) is 5.80. The van der Waals surface area contributed by atoms with Crippen molar-refractivity contribution < 1.29 is 14.7 Å². The molecular formula is C29H27N3O3. The van der Waals surface area contributed by atoms with E-state index in [1.807, 2.05) is 31.2 Å². The van der Waals surface area contributed by atoms with E-state index in [-0.39, 0.29) is 11.5 Å². The second-order valence-electron chi connectivity index (χ2n) is 9.18. The Balaban J connectivity index is 1.43. The average Bonchev–Trinajstić information content (AvgIpc) is 3.33. The molecule has 1 aliphatic heterocycles. The lowest BCUT2D eigenvalue weighted by atomic mass is 9.94. The molecule has 5 rings (SSSR count). The van der Waals surface area contributed by atoms with Crippen molar-refractivity contribution >= 4 is 34.3 Å². The zero-order chi connectivity index (χ0) is 24.5. The van der Waals surface area contributed by atoms with E-state index in [0.29, 0.717) is 33.9 Å². The van der Waals surface area contributed by atoms with E-state index in [1.54, 1.807) is 30.3 Å². The van der Waals surface area contributed by atoms with Gasteiger partial charge in [-0.3, -0.25) is 4.79 Å². The third kappa shape index (κ3) is 4.60. The quantitative estimate of drug-likeness (QED) is 0.389. The van der Waals surface area contributed by atoms with Crippen LogP contribution in [0.4, 0.5) is 11.5 Å². The van der Waals surface area contributed by atoms with Crippen LogP contribution in [0, 0.1) is 13.8 Å². The van der Waals surface area contributed by atoms with Crippen molar-refractivity contribution in [1.29, 1.82) is 0 Å². The number of carbonyl (C=O) groups is 2. The summed E-state index contributed by atoms with van der Waals surface area (Å²) in [5.41, 5.74) is 5.45. The van der Waals surface area contributed by atoms with Crippen molar-refractivity contribution in [1.82, 2.24) is 4.98 Å². The molecule has 2 N–H and O–H groups in total. The highest BCUT2D eigenvalue weighted by atomic mass is 16.4. The minimum atomic E-state index is -1.02. The Kier molecular flexibility index (Phi) is 5.95. The van der Waals surface area contributed by atoms with Gasteiger partial charge >= 0.3 is 5.97 Å². The maximum atomic E-state index is 12.7. The number of aryl methyl sites for hydroxylation is 2. The maximum Gasteiger partial charge on any atom is 0.336 e. The summed E-state index contributed by atoms with van der Waals surface area (Å²) in [6, 6.07) is 22.6. The molecule has 1 fully saturated rings. The third-order valence-corrected chi connectivity index (χ3v) is 6.70. The van der Waals surface area contributed by atoms with Gasteiger partial charge in [-0.2, -0.15) is 0 Å². The summed E-state index contributed by atoms with van der Waals surface area (Å²) >= 11 is 0. The Morgan fingerprint density at radius 2 is 1.83 bits per heavy atom. The summed E-state index contributed by atoms with van der Waals surface area (Å²) in [6.45, 7) is 5.68. The third-order valence-electron chi connectivity index (χ3n) is 6.70. The lowest BCUT2D eigenvalue weighted by molar-refractivity contribution is 0.0698. The van der Waals surface area contributed by atoms with Crippen LogP contribution in [0.3, 0.4) is 0 Å². The molecule has 0 bridgehead atoms. The SMILES string of the molecule is Cc1cccc(C(=O)Nc2ccc3nc(N4CCC(c5ccccc5C)C4)cc(C(=O)O)c3c2)c1. The first-order chi connectivity index (χ1) is 16.9. The number of carbonyl (C=O) groups excluding carboxylic acids is 1. The van der Waals surface area contributed by atoms with Crippen LogP contribution < -0.4 is 10.2 Å². The summed E-state index contributed by atoms with van der Waals surface area (Å²) in [5, 5.41) is 13.3. The molecule has 1 aromatic heterocycles. The molecule has 1 saturated heterocycles. The standard InChI is InChI=1S/C29H27N3O3/c1-18-6-5-8-20(14-18)28(33)30-22-10-11-26-24(15-22)25(29(34)35)16-27(31-26)32-13-12-21(17-32)23-9-4-3-7-19(23)2/h3-11,14-16,21H,12-13,17H2,1-2H3,(H,30,33)(H,34,35). The largest absolute Gasteiger partial charge is 0.478 e. The molecule has 1 aliphatic rings. The number of carboxylic acid groups (broad SMARTS) is 1. The molecule has 6 heteroatoms. The molecule has 3 aromatic carbocycles. The number of anilines is 2. The number of pyridine rings is 1. The van der Waals surface area contributed by atoms with Crippen molar-refractivity contribution in [2.45, 2.75) is 26.2 Å². The van der Waals surface area contributed by atoms with Crippen LogP contribution in [-0.2, 0) is 0 Å². The number of nitrogens with zero attached hydrogens (tertiary/aromatic N) is 2. The van der Waals surface area contributed by atoms with Gasteiger partial charge in [-0.05, 0) is 67.8 Å².